The number of aryl methyl sites for hydroxylation is 3. The zero-order chi connectivity index (χ0) is 22.5. The molecule has 0 bridgehead atoms. The van der Waals surface area contributed by atoms with Crippen molar-refractivity contribution in [3.8, 4) is 11.1 Å². The monoisotopic (exact) mass is 422 g/mol. The first-order valence-corrected chi connectivity index (χ1v) is 11.0. The van der Waals surface area contributed by atoms with Crippen molar-refractivity contribution in [2.24, 2.45) is 5.92 Å². The summed E-state index contributed by atoms with van der Waals surface area (Å²) >= 11 is 0. The van der Waals surface area contributed by atoms with Crippen LogP contribution in [0.5, 0.6) is 0 Å². The smallest absolute Gasteiger partial charge is 0.305 e. The minimum absolute atomic E-state index is 0.153. The van der Waals surface area contributed by atoms with Gasteiger partial charge >= 0.3 is 5.97 Å². The van der Waals surface area contributed by atoms with Crippen molar-refractivity contribution < 1.29 is 14.7 Å². The summed E-state index contributed by atoms with van der Waals surface area (Å²) in [5.41, 5.74) is 6.40. The molecule has 0 spiro atoms. The van der Waals surface area contributed by atoms with E-state index in [2.05, 4.69) is 62.3 Å². The second kappa shape index (κ2) is 10.1. The first kappa shape index (κ1) is 23.9. The maximum atomic E-state index is 12.6. The summed E-state index contributed by atoms with van der Waals surface area (Å²) in [6, 6.07) is 12.0. The zero-order valence-corrected chi connectivity index (χ0v) is 19.6. The van der Waals surface area contributed by atoms with E-state index in [0.29, 0.717) is 12.3 Å². The van der Waals surface area contributed by atoms with Crippen molar-refractivity contribution in [1.82, 2.24) is 5.32 Å². The predicted molar refractivity (Wildman–Crippen MR) is 123 cm³/mol. The molecule has 0 aromatic heterocycles. The average Bonchev–Trinajstić information content (AvgIpc) is 2.60. The Morgan fingerprint density at radius 3 is 2.30 bits per heavy atom. The molecule has 5 heteroatoms. The van der Waals surface area contributed by atoms with E-state index in [1.54, 1.807) is 0 Å². The van der Waals surface area contributed by atoms with E-state index in [9.17, 15) is 14.7 Å². The highest BCUT2D eigenvalue weighted by molar-refractivity contribution is 6.18. The Balaban J connectivity index is 2.38. The van der Waals surface area contributed by atoms with Crippen molar-refractivity contribution in [2.45, 2.75) is 65.5 Å². The van der Waals surface area contributed by atoms with Crippen LogP contribution in [0.1, 0.15) is 61.8 Å². The van der Waals surface area contributed by atoms with Gasteiger partial charge in [-0.25, -0.2) is 0 Å². The summed E-state index contributed by atoms with van der Waals surface area (Å²) in [6.07, 6.45) is 1.86. The van der Waals surface area contributed by atoms with Crippen LogP contribution in [0.3, 0.4) is 0 Å². The molecule has 2 rings (SSSR count). The van der Waals surface area contributed by atoms with Gasteiger partial charge in [-0.15, -0.1) is 0 Å². The first-order valence-electron chi connectivity index (χ1n) is 10.5. The van der Waals surface area contributed by atoms with Crippen molar-refractivity contribution in [3.05, 3.63) is 58.7 Å². The van der Waals surface area contributed by atoms with E-state index in [-0.39, 0.29) is 12.3 Å². The summed E-state index contributed by atoms with van der Waals surface area (Å²) in [5, 5.41) is 11.3. The highest BCUT2D eigenvalue weighted by Gasteiger charge is 2.31. The molecule has 2 aromatic carbocycles. The zero-order valence-electron chi connectivity index (χ0n) is 18.6. The van der Waals surface area contributed by atoms with Gasteiger partial charge in [-0.3, -0.25) is 9.59 Å². The van der Waals surface area contributed by atoms with Crippen LogP contribution in [0.4, 0.5) is 0 Å². The Labute approximate surface area is 183 Å². The quantitative estimate of drug-likeness (QED) is 0.558. The van der Waals surface area contributed by atoms with Gasteiger partial charge in [0.2, 0.25) is 5.91 Å². The number of aliphatic carboxylic acids is 1. The van der Waals surface area contributed by atoms with Crippen LogP contribution in [0, 0.1) is 26.7 Å². The van der Waals surface area contributed by atoms with Gasteiger partial charge in [0, 0.05) is 6.42 Å². The Morgan fingerprint density at radius 1 is 1.10 bits per heavy atom. The Kier molecular flexibility index (Phi) is 8.01. The lowest BCUT2D eigenvalue weighted by molar-refractivity contribution is -0.138. The number of benzene rings is 2. The summed E-state index contributed by atoms with van der Waals surface area (Å²) < 4.78 is 0. The molecule has 0 aliphatic rings. The molecular weight excluding hydrogens is 390 g/mol. The molecule has 1 atom stereocenters. The molecule has 0 unspecified atom stereocenters. The molecule has 1 amide bonds. The number of carboxylic acid groups (broad SMARTS) is 1. The Morgan fingerprint density at radius 2 is 1.73 bits per heavy atom. The Bertz CT molecular complexity index is 899. The van der Waals surface area contributed by atoms with Crippen molar-refractivity contribution in [2.75, 3.05) is 0 Å². The standard InChI is InChI=1S/C25H32NO3Si/c1-16(2)8-6-11-22(27)26-25(30,15-23(28)29)21-10-7-9-20(14-21)24-18(4)12-17(3)13-19(24)5/h7,9-10,12-14,16H,6,8,11,15H2,1-5H3,(H,26,27)(H,28,29)/t25-/m0/s1. The van der Waals surface area contributed by atoms with Gasteiger partial charge in [0.15, 0.2) is 0 Å². The summed E-state index contributed by atoms with van der Waals surface area (Å²) in [6.45, 7) is 10.5. The highest BCUT2D eigenvalue weighted by atomic mass is 28.1. The van der Waals surface area contributed by atoms with Crippen LogP contribution < -0.4 is 5.32 Å². The van der Waals surface area contributed by atoms with E-state index in [4.69, 9.17) is 0 Å². The SMILES string of the molecule is Cc1cc(C)c(-c2cccc([C@@]([Si])(CC(=O)O)NC(=O)CCCC(C)C)c2)c(C)c1. The van der Waals surface area contributed by atoms with Crippen molar-refractivity contribution in [3.63, 3.8) is 0 Å². The van der Waals surface area contributed by atoms with Gasteiger partial charge in [0.25, 0.3) is 0 Å². The normalized spacial score (nSPS) is 13.2. The fourth-order valence-corrected chi connectivity index (χ4v) is 4.44. The van der Waals surface area contributed by atoms with Gasteiger partial charge < -0.3 is 10.4 Å². The molecule has 0 aliphatic heterocycles. The average molecular weight is 423 g/mol. The number of hydrogen-bond acceptors (Lipinski definition) is 2. The molecule has 3 radical (unpaired) electrons. The molecule has 0 saturated carbocycles. The first-order chi connectivity index (χ1) is 14.0. The van der Waals surface area contributed by atoms with Crippen molar-refractivity contribution in [1.29, 1.82) is 0 Å². The molecule has 0 aliphatic carbocycles. The van der Waals surface area contributed by atoms with Crippen LogP contribution in [0.15, 0.2) is 36.4 Å². The minimum Gasteiger partial charge on any atom is -0.481 e. The predicted octanol–water partition coefficient (Wildman–Crippen LogP) is 5.02. The molecule has 30 heavy (non-hydrogen) atoms. The molecule has 4 nitrogen and oxygen atoms in total. The lowest BCUT2D eigenvalue weighted by atomic mass is 9.91. The second-order valence-corrected chi connectivity index (χ2v) is 9.52. The lowest BCUT2D eigenvalue weighted by Crippen LogP contribution is -2.48. The third-order valence-electron chi connectivity index (χ3n) is 5.28. The minimum atomic E-state index is -1.16. The third kappa shape index (κ3) is 6.30. The highest BCUT2D eigenvalue weighted by Crippen LogP contribution is 2.32. The number of carbonyl (C=O) groups is 2. The third-order valence-corrected chi connectivity index (χ3v) is 5.87. The molecular formula is C25H32NO3Si. The van der Waals surface area contributed by atoms with Crippen LogP contribution in [-0.2, 0) is 14.8 Å². The largest absolute Gasteiger partial charge is 0.481 e. The van der Waals surface area contributed by atoms with E-state index in [0.717, 1.165) is 29.5 Å². The fourth-order valence-electron chi connectivity index (χ4n) is 3.99. The molecule has 0 saturated heterocycles. The molecule has 2 N–H and O–H groups in total. The summed E-state index contributed by atoms with van der Waals surface area (Å²) in [5.74, 6) is -0.608. The van der Waals surface area contributed by atoms with E-state index < -0.39 is 11.1 Å². The fraction of sp³-hybridized carbons (Fsp3) is 0.440. The van der Waals surface area contributed by atoms with Gasteiger partial charge in [-0.2, -0.15) is 0 Å². The number of rotatable bonds is 9. The van der Waals surface area contributed by atoms with E-state index in [1.807, 2.05) is 24.3 Å². The summed E-state index contributed by atoms with van der Waals surface area (Å²) in [4.78, 5) is 24.2. The van der Waals surface area contributed by atoms with Crippen LogP contribution in [-0.4, -0.2) is 27.2 Å². The van der Waals surface area contributed by atoms with Crippen LogP contribution in [0.25, 0.3) is 11.1 Å². The number of carbonyl (C=O) groups excluding carboxylic acids is 1. The molecule has 0 heterocycles. The number of carboxylic acids is 1. The molecule has 2 aromatic rings. The summed E-state index contributed by atoms with van der Waals surface area (Å²) in [7, 11) is 3.62. The van der Waals surface area contributed by atoms with E-state index in [1.165, 1.54) is 16.7 Å². The number of hydrogen-bond donors (Lipinski definition) is 2. The van der Waals surface area contributed by atoms with Gasteiger partial charge in [-0.1, -0.05) is 56.2 Å². The molecule has 159 valence electrons. The van der Waals surface area contributed by atoms with Crippen LogP contribution in [0.2, 0.25) is 0 Å². The van der Waals surface area contributed by atoms with Crippen LogP contribution >= 0.6 is 0 Å². The maximum Gasteiger partial charge on any atom is 0.305 e. The van der Waals surface area contributed by atoms with Gasteiger partial charge in [0.05, 0.1) is 21.8 Å². The molecule has 0 fully saturated rings. The number of nitrogens with one attached hydrogen (secondary N) is 1. The van der Waals surface area contributed by atoms with E-state index >= 15 is 0 Å². The Hall–Kier alpha value is -2.40. The number of amides is 1. The van der Waals surface area contributed by atoms with Gasteiger partial charge in [-0.05, 0) is 67.0 Å². The van der Waals surface area contributed by atoms with Gasteiger partial charge in [0.1, 0.15) is 0 Å². The van der Waals surface area contributed by atoms with Crippen molar-refractivity contribution >= 4 is 22.1 Å². The lowest BCUT2D eigenvalue weighted by Gasteiger charge is -2.31. The second-order valence-electron chi connectivity index (χ2n) is 8.66. The maximum absolute atomic E-state index is 12.6. The topological polar surface area (TPSA) is 66.4 Å².